The Hall–Kier alpha value is -1.80. The van der Waals surface area contributed by atoms with Crippen LogP contribution in [0.5, 0.6) is 0 Å². The van der Waals surface area contributed by atoms with Gasteiger partial charge < -0.3 is 4.74 Å². The number of methoxy groups -OCH3 is 1. The number of rotatable bonds is 5. The lowest BCUT2D eigenvalue weighted by Gasteiger charge is -2.22. The molecule has 3 unspecified atom stereocenters. The highest BCUT2D eigenvalue weighted by Gasteiger charge is 2.80. The Bertz CT molecular complexity index is 906. The predicted octanol–water partition coefficient (Wildman–Crippen LogP) is 6.47. The van der Waals surface area contributed by atoms with Gasteiger partial charge in [0.05, 0.1) is 0 Å². The molecule has 4 rings (SSSR count). The van der Waals surface area contributed by atoms with Crippen LogP contribution in [0.1, 0.15) is 28.2 Å². The number of ether oxygens (including phenoxy) is 1. The van der Waals surface area contributed by atoms with Crippen molar-refractivity contribution in [3.05, 3.63) is 107 Å². The summed E-state index contributed by atoms with van der Waals surface area (Å²) in [5.41, 5.74) is 3.87. The molecule has 1 fully saturated rings. The molecule has 1 aliphatic rings. The zero-order chi connectivity index (χ0) is 19.1. The topological polar surface area (TPSA) is 9.23 Å². The van der Waals surface area contributed by atoms with Crippen molar-refractivity contribution in [1.29, 1.82) is 0 Å². The highest BCUT2D eigenvalue weighted by atomic mass is 35.5. The van der Waals surface area contributed by atoms with Gasteiger partial charge in [0.15, 0.2) is 4.33 Å². The number of benzene rings is 3. The van der Waals surface area contributed by atoms with Crippen LogP contribution in [-0.4, -0.2) is 11.4 Å². The summed E-state index contributed by atoms with van der Waals surface area (Å²) in [6.07, 6.45) is 0. The van der Waals surface area contributed by atoms with Crippen LogP contribution in [0.3, 0.4) is 0 Å². The summed E-state index contributed by atoms with van der Waals surface area (Å²) >= 11 is 13.9. The van der Waals surface area contributed by atoms with E-state index in [0.29, 0.717) is 0 Å². The maximum absolute atomic E-state index is 6.93. The Morgan fingerprint density at radius 3 is 1.85 bits per heavy atom. The van der Waals surface area contributed by atoms with Gasteiger partial charge in [0.1, 0.15) is 5.60 Å². The third-order valence-corrected chi connectivity index (χ3v) is 6.73. The number of hydrogen-bond acceptors (Lipinski definition) is 1. The van der Waals surface area contributed by atoms with Crippen LogP contribution < -0.4 is 0 Å². The Morgan fingerprint density at radius 2 is 1.30 bits per heavy atom. The summed E-state index contributed by atoms with van der Waals surface area (Å²) in [5, 5.41) is 0. The van der Waals surface area contributed by atoms with Crippen molar-refractivity contribution in [3.8, 4) is 0 Å². The second-order valence-electron chi connectivity index (χ2n) is 7.21. The third-order valence-electron chi connectivity index (χ3n) is 5.69. The second-order valence-corrected chi connectivity index (χ2v) is 8.59. The molecular formula is C24H22Cl2O. The van der Waals surface area contributed by atoms with Crippen LogP contribution in [0.4, 0.5) is 0 Å². The summed E-state index contributed by atoms with van der Waals surface area (Å²) in [4.78, 5) is 0. The first-order valence-corrected chi connectivity index (χ1v) is 9.88. The van der Waals surface area contributed by atoms with E-state index in [9.17, 15) is 0 Å². The molecule has 0 radical (unpaired) electrons. The SMILES string of the molecule is COC1(c2ccccc2)C(C(c2ccccc2)c2ccc(C)cc2)C1(Cl)Cl. The number of alkyl halides is 2. The van der Waals surface area contributed by atoms with E-state index in [1.807, 2.05) is 36.4 Å². The summed E-state index contributed by atoms with van der Waals surface area (Å²) in [6.45, 7) is 2.09. The van der Waals surface area contributed by atoms with Crippen LogP contribution in [0.15, 0.2) is 84.9 Å². The molecule has 0 N–H and O–H groups in total. The van der Waals surface area contributed by atoms with Crippen LogP contribution >= 0.6 is 23.2 Å². The summed E-state index contributed by atoms with van der Waals surface area (Å²) in [6, 6.07) is 29.1. The number of halogens is 2. The van der Waals surface area contributed by atoms with E-state index >= 15 is 0 Å². The van der Waals surface area contributed by atoms with E-state index < -0.39 is 9.93 Å². The molecule has 0 spiro atoms. The molecule has 3 atom stereocenters. The zero-order valence-electron chi connectivity index (χ0n) is 15.4. The first-order chi connectivity index (χ1) is 13.0. The highest BCUT2D eigenvalue weighted by Crippen LogP contribution is 2.74. The standard InChI is InChI=1S/C24H22Cl2O/c1-17-13-15-19(16-14-17)21(18-9-5-3-6-10-18)22-23(27-2,24(22,25)26)20-11-7-4-8-12-20/h3-16,21-22H,1-2H3. The molecule has 1 aliphatic carbocycles. The van der Waals surface area contributed by atoms with E-state index in [1.165, 1.54) is 16.7 Å². The molecule has 0 saturated heterocycles. The first kappa shape index (κ1) is 18.6. The zero-order valence-corrected chi connectivity index (χ0v) is 16.9. The quantitative estimate of drug-likeness (QED) is 0.448. The summed E-state index contributed by atoms with van der Waals surface area (Å²) < 4.78 is 5.03. The molecule has 0 aliphatic heterocycles. The van der Waals surface area contributed by atoms with Gasteiger partial charge in [-0.05, 0) is 23.6 Å². The van der Waals surface area contributed by atoms with E-state index in [-0.39, 0.29) is 11.8 Å². The predicted molar refractivity (Wildman–Crippen MR) is 113 cm³/mol. The van der Waals surface area contributed by atoms with Crippen molar-refractivity contribution < 1.29 is 4.74 Å². The fraction of sp³-hybridized carbons (Fsp3) is 0.250. The van der Waals surface area contributed by atoms with Gasteiger partial charge in [-0.1, -0.05) is 114 Å². The molecule has 3 aromatic carbocycles. The van der Waals surface area contributed by atoms with Crippen LogP contribution in [0.25, 0.3) is 0 Å². The van der Waals surface area contributed by atoms with Crippen molar-refractivity contribution >= 4 is 23.2 Å². The number of hydrogen-bond donors (Lipinski definition) is 0. The molecule has 0 amide bonds. The minimum absolute atomic E-state index is 0.0296. The lowest BCUT2D eigenvalue weighted by Crippen LogP contribution is -2.19. The van der Waals surface area contributed by atoms with Crippen molar-refractivity contribution in [2.75, 3.05) is 7.11 Å². The van der Waals surface area contributed by atoms with Gasteiger partial charge in [-0.15, -0.1) is 0 Å². The monoisotopic (exact) mass is 396 g/mol. The third kappa shape index (κ3) is 2.89. The van der Waals surface area contributed by atoms with E-state index in [1.54, 1.807) is 7.11 Å². The molecule has 1 nitrogen and oxygen atoms in total. The number of aryl methyl sites for hydroxylation is 1. The fourth-order valence-corrected chi connectivity index (χ4v) is 5.36. The molecule has 1 saturated carbocycles. The smallest absolute Gasteiger partial charge is 0.158 e. The minimum Gasteiger partial charge on any atom is -0.370 e. The molecule has 138 valence electrons. The molecule has 3 aromatic rings. The maximum Gasteiger partial charge on any atom is 0.158 e. The normalized spacial score (nSPS) is 24.4. The second kappa shape index (κ2) is 6.98. The summed E-state index contributed by atoms with van der Waals surface area (Å²) in [7, 11) is 1.70. The van der Waals surface area contributed by atoms with Crippen molar-refractivity contribution in [1.82, 2.24) is 0 Å². The van der Waals surface area contributed by atoms with Gasteiger partial charge in [0.2, 0.25) is 0 Å². The maximum atomic E-state index is 6.93. The van der Waals surface area contributed by atoms with Gasteiger partial charge in [-0.3, -0.25) is 0 Å². The Labute approximate surface area is 170 Å². The molecule has 0 bridgehead atoms. The Morgan fingerprint density at radius 1 is 0.778 bits per heavy atom. The molecule has 0 aromatic heterocycles. The average Bonchev–Trinajstić information content (AvgIpc) is 3.21. The molecular weight excluding hydrogens is 375 g/mol. The molecule has 3 heteroatoms. The van der Waals surface area contributed by atoms with E-state index in [4.69, 9.17) is 27.9 Å². The van der Waals surface area contributed by atoms with Gasteiger partial charge in [0, 0.05) is 18.9 Å². The highest BCUT2D eigenvalue weighted by molar-refractivity contribution is 6.52. The largest absolute Gasteiger partial charge is 0.370 e. The van der Waals surface area contributed by atoms with E-state index in [0.717, 1.165) is 5.56 Å². The van der Waals surface area contributed by atoms with Crippen LogP contribution in [0, 0.1) is 12.8 Å². The minimum atomic E-state index is -1.02. The van der Waals surface area contributed by atoms with Gasteiger partial charge >= 0.3 is 0 Å². The van der Waals surface area contributed by atoms with Crippen molar-refractivity contribution in [3.63, 3.8) is 0 Å². The van der Waals surface area contributed by atoms with E-state index in [2.05, 4.69) is 55.5 Å². The Kier molecular flexibility index (Phi) is 4.80. The van der Waals surface area contributed by atoms with Crippen LogP contribution in [0.2, 0.25) is 0 Å². The fourth-order valence-electron chi connectivity index (χ4n) is 4.30. The van der Waals surface area contributed by atoms with Gasteiger partial charge in [-0.25, -0.2) is 0 Å². The summed E-state index contributed by atoms with van der Waals surface area (Å²) in [5.74, 6) is -0.0761. The lowest BCUT2D eigenvalue weighted by molar-refractivity contribution is 0.0591. The van der Waals surface area contributed by atoms with Crippen molar-refractivity contribution in [2.45, 2.75) is 22.8 Å². The van der Waals surface area contributed by atoms with Gasteiger partial charge in [0.25, 0.3) is 0 Å². The van der Waals surface area contributed by atoms with Gasteiger partial charge in [-0.2, -0.15) is 0 Å². The molecule has 0 heterocycles. The first-order valence-electron chi connectivity index (χ1n) is 9.12. The van der Waals surface area contributed by atoms with Crippen molar-refractivity contribution in [2.24, 2.45) is 5.92 Å². The Balaban J connectivity index is 1.87. The van der Waals surface area contributed by atoms with Crippen LogP contribution in [-0.2, 0) is 10.3 Å². The average molecular weight is 397 g/mol. The lowest BCUT2D eigenvalue weighted by atomic mass is 9.84. The molecule has 27 heavy (non-hydrogen) atoms.